The maximum absolute atomic E-state index is 12.3. The number of hydrogen-bond acceptors (Lipinski definition) is 3. The van der Waals surface area contributed by atoms with Gasteiger partial charge in [0.05, 0.1) is 6.54 Å². The lowest BCUT2D eigenvalue weighted by Gasteiger charge is -2.35. The van der Waals surface area contributed by atoms with Crippen molar-refractivity contribution in [2.24, 2.45) is 0 Å². The van der Waals surface area contributed by atoms with Gasteiger partial charge in [0.15, 0.2) is 0 Å². The van der Waals surface area contributed by atoms with Crippen molar-refractivity contribution in [1.29, 1.82) is 0 Å². The smallest absolute Gasteiger partial charge is 0.238 e. The number of nitrogens with zero attached hydrogens (tertiary/aromatic N) is 2. The monoisotopic (exact) mass is 323 g/mol. The molecule has 0 atom stereocenters. The van der Waals surface area contributed by atoms with E-state index in [9.17, 15) is 4.79 Å². The molecule has 0 unspecified atom stereocenters. The molecule has 1 N–H and O–H groups in total. The predicted octanol–water partition coefficient (Wildman–Crippen LogP) is 3.06. The molecule has 0 aliphatic carbocycles. The van der Waals surface area contributed by atoms with E-state index in [-0.39, 0.29) is 5.91 Å². The van der Waals surface area contributed by atoms with Gasteiger partial charge in [-0.15, -0.1) is 0 Å². The number of carbonyl (C=O) groups is 1. The summed E-state index contributed by atoms with van der Waals surface area (Å²) in [4.78, 5) is 16.9. The molecule has 4 heteroatoms. The van der Waals surface area contributed by atoms with Crippen LogP contribution in [0, 0.1) is 13.8 Å². The first-order chi connectivity index (χ1) is 11.6. The molecule has 1 aliphatic heterocycles. The van der Waals surface area contributed by atoms with Crippen molar-refractivity contribution in [3.63, 3.8) is 0 Å². The van der Waals surface area contributed by atoms with Crippen molar-refractivity contribution in [3.8, 4) is 0 Å². The molecule has 0 saturated carbocycles. The van der Waals surface area contributed by atoms with Gasteiger partial charge in [0.1, 0.15) is 0 Å². The van der Waals surface area contributed by atoms with E-state index < -0.39 is 0 Å². The Hall–Kier alpha value is -2.33. The lowest BCUT2D eigenvalue weighted by molar-refractivity contribution is -0.117. The van der Waals surface area contributed by atoms with Crippen LogP contribution in [0.5, 0.6) is 0 Å². The lowest BCUT2D eigenvalue weighted by atomic mass is 10.2. The zero-order chi connectivity index (χ0) is 16.9. The van der Waals surface area contributed by atoms with Crippen molar-refractivity contribution < 1.29 is 4.79 Å². The largest absolute Gasteiger partial charge is 0.369 e. The first kappa shape index (κ1) is 16.5. The summed E-state index contributed by atoms with van der Waals surface area (Å²) in [5.74, 6) is 0.0632. The number of carbonyl (C=O) groups excluding carboxylic acids is 1. The van der Waals surface area contributed by atoms with Gasteiger partial charge in [-0.25, -0.2) is 0 Å². The number of anilines is 2. The number of rotatable bonds is 4. The fourth-order valence-corrected chi connectivity index (χ4v) is 3.09. The second kappa shape index (κ2) is 7.49. The minimum atomic E-state index is 0.0632. The normalized spacial score (nSPS) is 15.3. The molecule has 3 rings (SSSR count). The Morgan fingerprint density at radius 2 is 1.75 bits per heavy atom. The quantitative estimate of drug-likeness (QED) is 0.939. The van der Waals surface area contributed by atoms with Crippen LogP contribution in [0.3, 0.4) is 0 Å². The number of para-hydroxylation sites is 1. The standard InChI is InChI=1S/C20H25N3O/c1-16-6-5-8-18(14-16)23-12-10-22(11-13-23)15-20(24)21-19-9-4-3-7-17(19)2/h3-9,14H,10-13,15H2,1-2H3,(H,21,24). The van der Waals surface area contributed by atoms with Crippen LogP contribution in [0.25, 0.3) is 0 Å². The highest BCUT2D eigenvalue weighted by Crippen LogP contribution is 2.18. The van der Waals surface area contributed by atoms with Crippen molar-refractivity contribution in [3.05, 3.63) is 59.7 Å². The minimum absolute atomic E-state index is 0.0632. The molecule has 0 aromatic heterocycles. The summed E-state index contributed by atoms with van der Waals surface area (Å²) in [6.07, 6.45) is 0. The summed E-state index contributed by atoms with van der Waals surface area (Å²) in [6.45, 7) is 8.33. The number of aryl methyl sites for hydroxylation is 2. The van der Waals surface area contributed by atoms with Crippen molar-refractivity contribution >= 4 is 17.3 Å². The van der Waals surface area contributed by atoms with E-state index in [1.54, 1.807) is 0 Å². The molecule has 0 bridgehead atoms. The van der Waals surface area contributed by atoms with Crippen molar-refractivity contribution in [2.45, 2.75) is 13.8 Å². The molecule has 1 aliphatic rings. The second-order valence-electron chi connectivity index (χ2n) is 6.47. The zero-order valence-electron chi connectivity index (χ0n) is 14.5. The molecule has 1 saturated heterocycles. The Balaban J connectivity index is 1.50. The Morgan fingerprint density at radius 1 is 1.00 bits per heavy atom. The van der Waals surface area contributed by atoms with E-state index in [0.717, 1.165) is 37.4 Å². The van der Waals surface area contributed by atoms with E-state index in [4.69, 9.17) is 0 Å². The van der Waals surface area contributed by atoms with Crippen LogP contribution < -0.4 is 10.2 Å². The van der Waals surface area contributed by atoms with Crippen LogP contribution in [0.2, 0.25) is 0 Å². The van der Waals surface area contributed by atoms with Crippen LogP contribution in [-0.2, 0) is 4.79 Å². The van der Waals surface area contributed by atoms with Gasteiger partial charge in [0, 0.05) is 37.6 Å². The third kappa shape index (κ3) is 4.15. The van der Waals surface area contributed by atoms with Crippen LogP contribution in [-0.4, -0.2) is 43.5 Å². The molecule has 2 aromatic rings. The molecule has 24 heavy (non-hydrogen) atoms. The fourth-order valence-electron chi connectivity index (χ4n) is 3.09. The maximum Gasteiger partial charge on any atom is 0.238 e. The average molecular weight is 323 g/mol. The lowest BCUT2D eigenvalue weighted by Crippen LogP contribution is -2.48. The summed E-state index contributed by atoms with van der Waals surface area (Å²) in [5, 5.41) is 3.01. The van der Waals surface area contributed by atoms with Crippen LogP contribution in [0.1, 0.15) is 11.1 Å². The summed E-state index contributed by atoms with van der Waals surface area (Å²) in [6, 6.07) is 16.5. The number of amides is 1. The number of nitrogens with one attached hydrogen (secondary N) is 1. The molecule has 1 amide bonds. The van der Waals surface area contributed by atoms with E-state index in [1.165, 1.54) is 11.3 Å². The molecule has 126 valence electrons. The molecule has 2 aromatic carbocycles. The van der Waals surface area contributed by atoms with Crippen molar-refractivity contribution in [1.82, 2.24) is 4.90 Å². The minimum Gasteiger partial charge on any atom is -0.369 e. The van der Waals surface area contributed by atoms with Gasteiger partial charge in [-0.2, -0.15) is 0 Å². The highest BCUT2D eigenvalue weighted by Gasteiger charge is 2.19. The fraction of sp³-hybridized carbons (Fsp3) is 0.350. The highest BCUT2D eigenvalue weighted by molar-refractivity contribution is 5.92. The van der Waals surface area contributed by atoms with E-state index in [2.05, 4.69) is 46.3 Å². The summed E-state index contributed by atoms with van der Waals surface area (Å²) in [7, 11) is 0. The molecular formula is C20H25N3O. The van der Waals surface area contributed by atoms with Gasteiger partial charge >= 0.3 is 0 Å². The predicted molar refractivity (Wildman–Crippen MR) is 99.6 cm³/mol. The Labute approximate surface area is 144 Å². The van der Waals surface area contributed by atoms with Gasteiger partial charge in [0.2, 0.25) is 5.91 Å². The topological polar surface area (TPSA) is 35.6 Å². The number of hydrogen-bond donors (Lipinski definition) is 1. The van der Waals surface area contributed by atoms with E-state index >= 15 is 0 Å². The van der Waals surface area contributed by atoms with Gasteiger partial charge in [-0.05, 0) is 43.2 Å². The average Bonchev–Trinajstić information content (AvgIpc) is 2.58. The van der Waals surface area contributed by atoms with E-state index in [0.29, 0.717) is 6.54 Å². The number of benzene rings is 2. The van der Waals surface area contributed by atoms with Crippen LogP contribution in [0.4, 0.5) is 11.4 Å². The van der Waals surface area contributed by atoms with Crippen LogP contribution in [0.15, 0.2) is 48.5 Å². The second-order valence-corrected chi connectivity index (χ2v) is 6.47. The molecule has 0 radical (unpaired) electrons. The highest BCUT2D eigenvalue weighted by atomic mass is 16.2. The molecule has 1 fully saturated rings. The van der Waals surface area contributed by atoms with Gasteiger partial charge in [0.25, 0.3) is 0 Å². The zero-order valence-corrected chi connectivity index (χ0v) is 14.5. The maximum atomic E-state index is 12.3. The Morgan fingerprint density at radius 3 is 2.46 bits per heavy atom. The SMILES string of the molecule is Cc1cccc(N2CCN(CC(=O)Nc3ccccc3C)CC2)c1. The summed E-state index contributed by atoms with van der Waals surface area (Å²) in [5.41, 5.74) is 4.56. The molecule has 4 nitrogen and oxygen atoms in total. The third-order valence-corrected chi connectivity index (χ3v) is 4.53. The Bertz CT molecular complexity index is 706. The Kier molecular flexibility index (Phi) is 5.16. The van der Waals surface area contributed by atoms with Gasteiger partial charge in [-0.1, -0.05) is 30.3 Å². The summed E-state index contributed by atoms with van der Waals surface area (Å²) >= 11 is 0. The number of piperazine rings is 1. The third-order valence-electron chi connectivity index (χ3n) is 4.53. The summed E-state index contributed by atoms with van der Waals surface area (Å²) < 4.78 is 0. The molecular weight excluding hydrogens is 298 g/mol. The molecule has 1 heterocycles. The van der Waals surface area contributed by atoms with Gasteiger partial charge < -0.3 is 10.2 Å². The first-order valence-electron chi connectivity index (χ1n) is 8.51. The van der Waals surface area contributed by atoms with E-state index in [1.807, 2.05) is 31.2 Å². The molecule has 0 spiro atoms. The van der Waals surface area contributed by atoms with Crippen LogP contribution >= 0.6 is 0 Å². The van der Waals surface area contributed by atoms with Crippen molar-refractivity contribution in [2.75, 3.05) is 42.9 Å². The van der Waals surface area contributed by atoms with Gasteiger partial charge in [-0.3, -0.25) is 9.69 Å². The first-order valence-corrected chi connectivity index (χ1v) is 8.51.